The van der Waals surface area contributed by atoms with E-state index < -0.39 is 11.7 Å². The molecule has 0 aliphatic carbocycles. The molecular weight excluding hydrogens is 260 g/mol. The molecule has 1 aromatic carbocycles. The second-order valence-corrected chi connectivity index (χ2v) is 5.64. The van der Waals surface area contributed by atoms with E-state index in [4.69, 9.17) is 10.6 Å². The maximum atomic E-state index is 11.7. The van der Waals surface area contributed by atoms with Gasteiger partial charge in [-0.05, 0) is 38.5 Å². The summed E-state index contributed by atoms with van der Waals surface area (Å²) in [5.41, 5.74) is 0.581. The Hall–Kier alpha value is -1.79. The molecule has 1 amide bonds. The van der Waals surface area contributed by atoms with Crippen LogP contribution in [0.3, 0.4) is 0 Å². The molecule has 0 bridgehead atoms. The first-order valence-corrected chi connectivity index (χ1v) is 6.37. The monoisotopic (exact) mass is 282 g/mol. The Balaban J connectivity index is 2.84. The Morgan fingerprint density at radius 3 is 2.65 bits per heavy atom. The highest BCUT2D eigenvalue weighted by molar-refractivity contribution is 5.87. The standard InChI is InChI=1S/C14H22N2O4/c1-9(8-19-15)10-5-6-12(17)11(7-10)16-13(18)20-14(2,3)4/h5-7,9,17H,8,15H2,1-4H3,(H,16,18). The van der Waals surface area contributed by atoms with Crippen LogP contribution < -0.4 is 11.2 Å². The summed E-state index contributed by atoms with van der Waals surface area (Å²) < 4.78 is 5.14. The number of aromatic hydroxyl groups is 1. The van der Waals surface area contributed by atoms with E-state index in [1.54, 1.807) is 32.9 Å². The van der Waals surface area contributed by atoms with Crippen molar-refractivity contribution in [3.8, 4) is 5.75 Å². The number of anilines is 1. The van der Waals surface area contributed by atoms with Crippen LogP contribution in [0.1, 0.15) is 39.2 Å². The van der Waals surface area contributed by atoms with Crippen LogP contribution in [0, 0.1) is 0 Å². The number of phenols is 1. The largest absolute Gasteiger partial charge is 0.506 e. The van der Waals surface area contributed by atoms with E-state index in [-0.39, 0.29) is 11.7 Å². The Bertz CT molecular complexity index is 469. The molecule has 1 aromatic rings. The molecule has 0 aliphatic heterocycles. The molecule has 0 aliphatic rings. The van der Waals surface area contributed by atoms with E-state index in [9.17, 15) is 9.90 Å². The Morgan fingerprint density at radius 1 is 1.45 bits per heavy atom. The number of hydrogen-bond acceptors (Lipinski definition) is 5. The Kier molecular flexibility index (Phi) is 5.35. The first-order valence-electron chi connectivity index (χ1n) is 6.37. The maximum absolute atomic E-state index is 11.7. The Morgan fingerprint density at radius 2 is 2.10 bits per heavy atom. The summed E-state index contributed by atoms with van der Waals surface area (Å²) in [5.74, 6) is 5.06. The average Bonchev–Trinajstić information content (AvgIpc) is 2.29. The number of hydrogen-bond donors (Lipinski definition) is 3. The maximum Gasteiger partial charge on any atom is 0.412 e. The molecule has 0 spiro atoms. The zero-order valence-corrected chi connectivity index (χ0v) is 12.3. The molecule has 0 aromatic heterocycles. The van der Waals surface area contributed by atoms with E-state index >= 15 is 0 Å². The van der Waals surface area contributed by atoms with Gasteiger partial charge in [0, 0.05) is 5.92 Å². The van der Waals surface area contributed by atoms with Gasteiger partial charge in [-0.25, -0.2) is 10.7 Å². The van der Waals surface area contributed by atoms with Gasteiger partial charge >= 0.3 is 6.09 Å². The number of benzene rings is 1. The third-order valence-corrected chi connectivity index (χ3v) is 2.57. The summed E-state index contributed by atoms with van der Waals surface area (Å²) in [6.45, 7) is 7.57. The van der Waals surface area contributed by atoms with Crippen molar-refractivity contribution in [3.05, 3.63) is 23.8 Å². The van der Waals surface area contributed by atoms with Crippen LogP contribution in [0.15, 0.2) is 18.2 Å². The van der Waals surface area contributed by atoms with Crippen molar-refractivity contribution in [3.63, 3.8) is 0 Å². The first-order chi connectivity index (χ1) is 9.23. The first kappa shape index (κ1) is 16.3. The van der Waals surface area contributed by atoms with Gasteiger partial charge < -0.3 is 14.7 Å². The lowest BCUT2D eigenvalue weighted by atomic mass is 10.0. The van der Waals surface area contributed by atoms with Gasteiger partial charge in [-0.3, -0.25) is 5.32 Å². The molecule has 112 valence electrons. The van der Waals surface area contributed by atoms with Crippen LogP contribution in [0.5, 0.6) is 5.75 Å². The van der Waals surface area contributed by atoms with Crippen molar-refractivity contribution in [1.29, 1.82) is 0 Å². The molecule has 20 heavy (non-hydrogen) atoms. The van der Waals surface area contributed by atoms with E-state index in [0.717, 1.165) is 5.56 Å². The quantitative estimate of drug-likeness (QED) is 0.583. The van der Waals surface area contributed by atoms with Gasteiger partial charge in [0.05, 0.1) is 12.3 Å². The smallest absolute Gasteiger partial charge is 0.412 e. The molecule has 0 saturated heterocycles. The average molecular weight is 282 g/mol. The van der Waals surface area contributed by atoms with Crippen molar-refractivity contribution >= 4 is 11.8 Å². The summed E-state index contributed by atoms with van der Waals surface area (Å²) >= 11 is 0. The lowest BCUT2D eigenvalue weighted by molar-refractivity contribution is 0.0635. The number of nitrogens with two attached hydrogens (primary N) is 1. The number of carbonyl (C=O) groups is 1. The summed E-state index contributed by atoms with van der Waals surface area (Å²) in [6.07, 6.45) is -0.618. The molecule has 1 atom stereocenters. The number of nitrogens with one attached hydrogen (secondary N) is 1. The molecule has 1 unspecified atom stereocenters. The number of amides is 1. The number of phenolic OH excluding ortho intramolecular Hbond substituents is 1. The van der Waals surface area contributed by atoms with E-state index in [1.165, 1.54) is 6.07 Å². The highest BCUT2D eigenvalue weighted by Crippen LogP contribution is 2.28. The van der Waals surface area contributed by atoms with Gasteiger partial charge in [0.15, 0.2) is 0 Å². The molecule has 6 nitrogen and oxygen atoms in total. The second kappa shape index (κ2) is 6.58. The van der Waals surface area contributed by atoms with Gasteiger partial charge in [-0.2, -0.15) is 0 Å². The van der Waals surface area contributed by atoms with Gasteiger partial charge in [-0.1, -0.05) is 13.0 Å². The fourth-order valence-electron chi connectivity index (χ4n) is 1.61. The van der Waals surface area contributed by atoms with Crippen molar-refractivity contribution in [1.82, 2.24) is 0 Å². The van der Waals surface area contributed by atoms with Gasteiger partial charge in [0.1, 0.15) is 11.4 Å². The fourth-order valence-corrected chi connectivity index (χ4v) is 1.61. The molecular formula is C14H22N2O4. The summed E-state index contributed by atoms with van der Waals surface area (Å²) in [5, 5.41) is 12.3. The van der Waals surface area contributed by atoms with Crippen LogP contribution in [0.25, 0.3) is 0 Å². The molecule has 0 radical (unpaired) electrons. The molecule has 0 fully saturated rings. The van der Waals surface area contributed by atoms with Crippen LogP contribution in [0.2, 0.25) is 0 Å². The van der Waals surface area contributed by atoms with Crippen LogP contribution in [-0.2, 0) is 9.57 Å². The summed E-state index contributed by atoms with van der Waals surface area (Å²) in [6, 6.07) is 4.93. The topological polar surface area (TPSA) is 93.8 Å². The van der Waals surface area contributed by atoms with Crippen LogP contribution in [-0.4, -0.2) is 23.4 Å². The number of ether oxygens (including phenoxy) is 1. The third-order valence-electron chi connectivity index (χ3n) is 2.57. The van der Waals surface area contributed by atoms with Crippen molar-refractivity contribution in [2.24, 2.45) is 5.90 Å². The second-order valence-electron chi connectivity index (χ2n) is 5.64. The van der Waals surface area contributed by atoms with E-state index in [0.29, 0.717) is 12.3 Å². The predicted molar refractivity (Wildman–Crippen MR) is 76.5 cm³/mol. The normalized spacial score (nSPS) is 12.8. The number of rotatable bonds is 4. The zero-order valence-electron chi connectivity index (χ0n) is 12.3. The lowest BCUT2D eigenvalue weighted by Gasteiger charge is -2.20. The van der Waals surface area contributed by atoms with Crippen LogP contribution >= 0.6 is 0 Å². The number of carbonyl (C=O) groups excluding carboxylic acids is 1. The molecule has 0 heterocycles. The van der Waals surface area contributed by atoms with E-state index in [1.807, 2.05) is 6.92 Å². The molecule has 1 rings (SSSR count). The molecule has 4 N–H and O–H groups in total. The molecule has 0 saturated carbocycles. The lowest BCUT2D eigenvalue weighted by Crippen LogP contribution is -2.27. The van der Waals surface area contributed by atoms with Crippen molar-refractivity contribution in [2.75, 3.05) is 11.9 Å². The van der Waals surface area contributed by atoms with Crippen molar-refractivity contribution < 1.29 is 19.5 Å². The van der Waals surface area contributed by atoms with Gasteiger partial charge in [0.25, 0.3) is 0 Å². The zero-order chi connectivity index (χ0) is 15.3. The van der Waals surface area contributed by atoms with Crippen LogP contribution in [0.4, 0.5) is 10.5 Å². The minimum atomic E-state index is -0.618. The Labute approximate surface area is 118 Å². The summed E-state index contributed by atoms with van der Waals surface area (Å²) in [7, 11) is 0. The highest BCUT2D eigenvalue weighted by atomic mass is 16.6. The highest BCUT2D eigenvalue weighted by Gasteiger charge is 2.18. The van der Waals surface area contributed by atoms with E-state index in [2.05, 4.69) is 10.2 Å². The predicted octanol–water partition coefficient (Wildman–Crippen LogP) is 2.73. The minimum Gasteiger partial charge on any atom is -0.506 e. The van der Waals surface area contributed by atoms with Gasteiger partial charge in [-0.15, -0.1) is 0 Å². The molecule has 6 heteroatoms. The van der Waals surface area contributed by atoms with Crippen molar-refractivity contribution in [2.45, 2.75) is 39.2 Å². The van der Waals surface area contributed by atoms with Gasteiger partial charge in [0.2, 0.25) is 0 Å². The SMILES string of the molecule is CC(CON)c1ccc(O)c(NC(=O)OC(C)(C)C)c1. The fraction of sp³-hybridized carbons (Fsp3) is 0.500. The third kappa shape index (κ3) is 5.07. The summed E-state index contributed by atoms with van der Waals surface area (Å²) in [4.78, 5) is 16.3. The minimum absolute atomic E-state index is 0.0273.